The number of hydrogen-bond acceptors (Lipinski definition) is 8. The molecule has 0 saturated heterocycles. The molecule has 0 spiro atoms. The fourth-order valence-electron chi connectivity index (χ4n) is 3.78. The fourth-order valence-corrected chi connectivity index (χ4v) is 4.66. The van der Waals surface area contributed by atoms with Gasteiger partial charge in [-0.15, -0.1) is 10.2 Å². The van der Waals surface area contributed by atoms with Gasteiger partial charge >= 0.3 is 0 Å². The van der Waals surface area contributed by atoms with E-state index in [9.17, 15) is 4.79 Å². The van der Waals surface area contributed by atoms with Crippen molar-refractivity contribution in [3.63, 3.8) is 0 Å². The number of nitrogens with one attached hydrogen (secondary N) is 2. The number of carbonyl (C=O) groups excluding carboxylic acids is 1. The molecular weight excluding hydrogens is 512 g/mol. The standard InChI is InChI=1S/C29H32N6O3S/c1-19-11-13-22(14-12-19)30-18-27-32-34-29(35(27)23-9-7-6-8-10-23)39-21(3)28(36)33-31-20(2)25-16-15-24(37-4)17-26(25)38-5/h6-17,21,30H,18H2,1-5H3,(H,33,36)/b31-20-/t21-/m1/s1. The zero-order valence-corrected chi connectivity index (χ0v) is 23.5. The highest BCUT2D eigenvalue weighted by molar-refractivity contribution is 8.00. The molecule has 202 valence electrons. The smallest absolute Gasteiger partial charge is 0.253 e. The van der Waals surface area contributed by atoms with Gasteiger partial charge in [0.05, 0.1) is 31.7 Å². The number of methoxy groups -OCH3 is 2. The summed E-state index contributed by atoms with van der Waals surface area (Å²) in [6.07, 6.45) is 0. The number of aryl methyl sites for hydroxylation is 1. The molecule has 1 atom stereocenters. The van der Waals surface area contributed by atoms with E-state index in [4.69, 9.17) is 9.47 Å². The maximum atomic E-state index is 13.0. The number of amides is 1. The number of aromatic nitrogens is 3. The van der Waals surface area contributed by atoms with E-state index >= 15 is 0 Å². The third kappa shape index (κ3) is 6.97. The van der Waals surface area contributed by atoms with Crippen molar-refractivity contribution in [1.29, 1.82) is 0 Å². The van der Waals surface area contributed by atoms with Crippen molar-refractivity contribution in [2.75, 3.05) is 19.5 Å². The number of nitrogens with zero attached hydrogens (tertiary/aromatic N) is 4. The Morgan fingerprint density at radius 3 is 2.46 bits per heavy atom. The molecule has 3 aromatic carbocycles. The number of rotatable bonds is 11. The van der Waals surface area contributed by atoms with E-state index in [0.717, 1.165) is 22.8 Å². The van der Waals surface area contributed by atoms with Crippen LogP contribution in [0.4, 0.5) is 5.69 Å². The number of carbonyl (C=O) groups is 1. The molecule has 9 nitrogen and oxygen atoms in total. The van der Waals surface area contributed by atoms with E-state index in [1.54, 1.807) is 20.3 Å². The van der Waals surface area contributed by atoms with Gasteiger partial charge in [0.1, 0.15) is 11.5 Å². The molecule has 1 heterocycles. The van der Waals surface area contributed by atoms with Crippen LogP contribution in [0.15, 0.2) is 83.1 Å². The van der Waals surface area contributed by atoms with Gasteiger partial charge in [0, 0.05) is 23.0 Å². The molecule has 2 N–H and O–H groups in total. The molecule has 0 aliphatic rings. The van der Waals surface area contributed by atoms with E-state index in [0.29, 0.717) is 28.9 Å². The molecule has 10 heteroatoms. The highest BCUT2D eigenvalue weighted by Crippen LogP contribution is 2.27. The summed E-state index contributed by atoms with van der Waals surface area (Å²) < 4.78 is 12.7. The van der Waals surface area contributed by atoms with Crippen LogP contribution < -0.4 is 20.2 Å². The number of ether oxygens (including phenoxy) is 2. The number of anilines is 1. The normalized spacial score (nSPS) is 12.1. The lowest BCUT2D eigenvalue weighted by atomic mass is 10.1. The quantitative estimate of drug-likeness (QED) is 0.151. The number of hydrazone groups is 1. The van der Waals surface area contributed by atoms with E-state index in [1.807, 2.05) is 73.0 Å². The summed E-state index contributed by atoms with van der Waals surface area (Å²) in [5.41, 5.74) is 7.14. The van der Waals surface area contributed by atoms with Crippen LogP contribution in [-0.4, -0.2) is 45.9 Å². The SMILES string of the molecule is COc1ccc(/C(C)=N\NC(=O)[C@@H](C)Sc2nnc(CNc3ccc(C)cc3)n2-c2ccccc2)c(OC)c1. The number of hydrogen-bond donors (Lipinski definition) is 2. The third-order valence-electron chi connectivity index (χ3n) is 6.00. The highest BCUT2D eigenvalue weighted by atomic mass is 32.2. The van der Waals surface area contributed by atoms with Gasteiger partial charge in [0.25, 0.3) is 5.91 Å². The maximum Gasteiger partial charge on any atom is 0.253 e. The van der Waals surface area contributed by atoms with Gasteiger partial charge in [0.15, 0.2) is 11.0 Å². The average Bonchev–Trinajstić information content (AvgIpc) is 3.37. The molecule has 0 bridgehead atoms. The van der Waals surface area contributed by atoms with Gasteiger partial charge in [-0.05, 0) is 57.2 Å². The molecule has 39 heavy (non-hydrogen) atoms. The number of para-hydroxylation sites is 1. The summed E-state index contributed by atoms with van der Waals surface area (Å²) in [4.78, 5) is 13.0. The van der Waals surface area contributed by atoms with Gasteiger partial charge < -0.3 is 14.8 Å². The molecule has 4 rings (SSSR count). The second kappa shape index (κ2) is 13.0. The Bertz CT molecular complexity index is 1440. The monoisotopic (exact) mass is 544 g/mol. The minimum Gasteiger partial charge on any atom is -0.497 e. The van der Waals surface area contributed by atoms with Crippen LogP contribution in [0.25, 0.3) is 5.69 Å². The molecule has 0 radical (unpaired) electrons. The van der Waals surface area contributed by atoms with Crippen molar-refractivity contribution in [1.82, 2.24) is 20.2 Å². The second-order valence-electron chi connectivity index (χ2n) is 8.79. The van der Waals surface area contributed by atoms with Crippen molar-refractivity contribution in [3.8, 4) is 17.2 Å². The minimum atomic E-state index is -0.483. The van der Waals surface area contributed by atoms with Crippen LogP contribution in [-0.2, 0) is 11.3 Å². The Kier molecular flexibility index (Phi) is 9.22. The Hall–Kier alpha value is -4.31. The molecule has 1 aromatic heterocycles. The summed E-state index contributed by atoms with van der Waals surface area (Å²) >= 11 is 1.32. The Labute approximate surface area is 232 Å². The lowest BCUT2D eigenvalue weighted by Crippen LogP contribution is -2.28. The van der Waals surface area contributed by atoms with Gasteiger partial charge in [-0.3, -0.25) is 9.36 Å². The predicted molar refractivity (Wildman–Crippen MR) is 155 cm³/mol. The maximum absolute atomic E-state index is 13.0. The van der Waals surface area contributed by atoms with E-state index in [-0.39, 0.29) is 5.91 Å². The number of benzene rings is 3. The van der Waals surface area contributed by atoms with Crippen molar-refractivity contribution in [2.24, 2.45) is 5.10 Å². The third-order valence-corrected chi connectivity index (χ3v) is 7.04. The first-order valence-electron chi connectivity index (χ1n) is 12.4. The molecule has 0 fully saturated rings. The second-order valence-corrected chi connectivity index (χ2v) is 10.1. The van der Waals surface area contributed by atoms with Gasteiger partial charge in [-0.2, -0.15) is 5.10 Å². The molecule has 4 aromatic rings. The zero-order valence-electron chi connectivity index (χ0n) is 22.6. The van der Waals surface area contributed by atoms with E-state index in [2.05, 4.69) is 45.1 Å². The van der Waals surface area contributed by atoms with Crippen LogP contribution in [0.3, 0.4) is 0 Å². The predicted octanol–water partition coefficient (Wildman–Crippen LogP) is 5.23. The van der Waals surface area contributed by atoms with Crippen molar-refractivity contribution in [3.05, 3.63) is 89.7 Å². The fraction of sp³-hybridized carbons (Fsp3) is 0.241. The van der Waals surface area contributed by atoms with Gasteiger partial charge in [0.2, 0.25) is 0 Å². The van der Waals surface area contributed by atoms with Gasteiger partial charge in [-0.1, -0.05) is 47.7 Å². The minimum absolute atomic E-state index is 0.256. The largest absolute Gasteiger partial charge is 0.497 e. The van der Waals surface area contributed by atoms with Crippen LogP contribution >= 0.6 is 11.8 Å². The summed E-state index contributed by atoms with van der Waals surface area (Å²) in [5.74, 6) is 1.76. The molecule has 0 aliphatic heterocycles. The highest BCUT2D eigenvalue weighted by Gasteiger charge is 2.21. The lowest BCUT2D eigenvalue weighted by molar-refractivity contribution is -0.120. The first-order chi connectivity index (χ1) is 18.9. The van der Waals surface area contributed by atoms with Crippen LogP contribution in [0.1, 0.15) is 30.8 Å². The van der Waals surface area contributed by atoms with Crippen molar-refractivity contribution < 1.29 is 14.3 Å². The summed E-state index contributed by atoms with van der Waals surface area (Å²) in [6.45, 7) is 6.15. The topological polar surface area (TPSA) is 103 Å². The van der Waals surface area contributed by atoms with Crippen molar-refractivity contribution in [2.45, 2.75) is 37.7 Å². The summed E-state index contributed by atoms with van der Waals surface area (Å²) in [7, 11) is 3.17. The van der Waals surface area contributed by atoms with E-state index < -0.39 is 5.25 Å². The van der Waals surface area contributed by atoms with Crippen molar-refractivity contribution >= 4 is 29.1 Å². The molecule has 0 aliphatic carbocycles. The molecule has 1 amide bonds. The molecule has 0 unspecified atom stereocenters. The van der Waals surface area contributed by atoms with Crippen LogP contribution in [0.2, 0.25) is 0 Å². The Balaban J connectivity index is 1.49. The van der Waals surface area contributed by atoms with Gasteiger partial charge in [-0.25, -0.2) is 5.43 Å². The van der Waals surface area contributed by atoms with E-state index in [1.165, 1.54) is 17.3 Å². The summed E-state index contributed by atoms with van der Waals surface area (Å²) in [5, 5.41) is 16.7. The Morgan fingerprint density at radius 1 is 1.03 bits per heavy atom. The Morgan fingerprint density at radius 2 is 1.77 bits per heavy atom. The van der Waals surface area contributed by atoms with Crippen LogP contribution in [0, 0.1) is 6.92 Å². The first-order valence-corrected chi connectivity index (χ1v) is 13.3. The molecular formula is C29H32N6O3S. The van der Waals surface area contributed by atoms with Crippen LogP contribution in [0.5, 0.6) is 11.5 Å². The average molecular weight is 545 g/mol. The first kappa shape index (κ1) is 27.7. The number of thioether (sulfide) groups is 1. The lowest BCUT2D eigenvalue weighted by Gasteiger charge is -2.14. The molecule has 0 saturated carbocycles. The summed E-state index contributed by atoms with van der Waals surface area (Å²) in [6, 6.07) is 23.5. The zero-order chi connectivity index (χ0) is 27.8.